The van der Waals surface area contributed by atoms with Gasteiger partial charge in [-0.3, -0.25) is 48.5 Å². The lowest BCUT2D eigenvalue weighted by Gasteiger charge is -2.54. The number of hydrogen-bond acceptors (Lipinski definition) is 27. The largest absolute Gasteiger partial charge is 0.508 e. The maximum absolute atomic E-state index is 16.5. The van der Waals surface area contributed by atoms with Gasteiger partial charge >= 0.3 is 0 Å². The van der Waals surface area contributed by atoms with E-state index in [1.165, 1.54) is 55.6 Å². The van der Waals surface area contributed by atoms with Crippen molar-refractivity contribution in [3.05, 3.63) is 141 Å². The lowest BCUT2D eigenvalue weighted by molar-refractivity contribution is -0.290. The van der Waals surface area contributed by atoms with Crippen LogP contribution in [0.15, 0.2) is 97.1 Å². The molecular weight excluding hydrogens is 1580 g/mol. The van der Waals surface area contributed by atoms with Crippen LogP contribution >= 0.6 is 11.6 Å². The Morgan fingerprint density at radius 1 is 0.583 bits per heavy atom. The van der Waals surface area contributed by atoms with E-state index in [0.29, 0.717) is 38.0 Å². The molecule has 7 heterocycles. The molecule has 35 heteroatoms. The molecule has 5 fully saturated rings. The summed E-state index contributed by atoms with van der Waals surface area (Å²) in [5.74, 6) is -13.7. The number of nitrogens with one attached hydrogen (secondary N) is 10. The summed E-state index contributed by atoms with van der Waals surface area (Å²) in [5.41, 5.74) is -2.68. The van der Waals surface area contributed by atoms with Gasteiger partial charge in [0.25, 0.3) is 5.91 Å². The summed E-state index contributed by atoms with van der Waals surface area (Å²) in [6.45, 7) is 9.72. The first-order valence-corrected chi connectivity index (χ1v) is 40.8. The van der Waals surface area contributed by atoms with E-state index in [9.17, 15) is 60.3 Å². The number of fused-ring (bicyclic) bond motifs is 16. The summed E-state index contributed by atoms with van der Waals surface area (Å²) in [6.07, 6.45) is -13.6. The van der Waals surface area contributed by atoms with Gasteiger partial charge in [-0.25, -0.2) is 0 Å². The smallest absolute Gasteiger partial charge is 0.258 e. The average Bonchev–Trinajstić information content (AvgIpc) is 0.745. The Balaban J connectivity index is 0.945. The zero-order valence-corrected chi connectivity index (χ0v) is 67.0. The minimum absolute atomic E-state index is 0.0842. The van der Waals surface area contributed by atoms with Crippen molar-refractivity contribution in [1.82, 2.24) is 53.2 Å². The molecule has 120 heavy (non-hydrogen) atoms. The van der Waals surface area contributed by atoms with Crippen molar-refractivity contribution in [1.29, 1.82) is 0 Å². The number of Topliss-reactive ketones (excluding diaryl/α,β-unsaturated/α-hetero) is 1. The molecule has 4 aliphatic carbocycles. The number of carbonyl (C=O) groups is 9. The van der Waals surface area contributed by atoms with Crippen molar-refractivity contribution in [3.63, 3.8) is 0 Å². The number of aliphatic hydroxyl groups excluding tert-OH is 6. The third kappa shape index (κ3) is 18.2. The molecule has 0 spiro atoms. The van der Waals surface area contributed by atoms with Gasteiger partial charge in [0.15, 0.2) is 17.3 Å². The number of imide groups is 1. The van der Waals surface area contributed by atoms with Gasteiger partial charge in [-0.2, -0.15) is 0 Å². The molecule has 1 saturated heterocycles. The quantitative estimate of drug-likeness (QED) is 0.0457. The number of carbonyl (C=O) groups excluding carboxylic acids is 9. The summed E-state index contributed by atoms with van der Waals surface area (Å²) >= 11 is 7.20. The highest BCUT2D eigenvalue weighted by Crippen LogP contribution is 2.58. The molecule has 19 N–H and O–H groups in total. The van der Waals surface area contributed by atoms with Gasteiger partial charge in [0.05, 0.1) is 17.5 Å². The number of halogens is 1. The van der Waals surface area contributed by atoms with E-state index in [4.69, 9.17) is 40.0 Å². The van der Waals surface area contributed by atoms with Gasteiger partial charge in [-0.15, -0.1) is 0 Å². The van der Waals surface area contributed by atoms with E-state index in [0.717, 1.165) is 80.6 Å². The Bertz CT molecular complexity index is 4900. The number of benzene rings is 6. The Labute approximate surface area is 694 Å². The molecular formula is C85H99ClN10O24. The van der Waals surface area contributed by atoms with Crippen LogP contribution in [0.4, 0.5) is 0 Å². The number of aromatic hydroxyl groups is 3. The van der Waals surface area contributed by atoms with Crippen LogP contribution in [0.3, 0.4) is 0 Å². The molecule has 11 aliphatic rings. The fraction of sp³-hybridized carbons (Fsp3) is 0.471. The minimum atomic E-state index is -2.38. The van der Waals surface area contributed by atoms with Crippen LogP contribution in [-0.2, 0) is 43.1 Å². The van der Waals surface area contributed by atoms with Gasteiger partial charge in [0.1, 0.15) is 132 Å². The minimum Gasteiger partial charge on any atom is -0.508 e. The Morgan fingerprint density at radius 2 is 1.20 bits per heavy atom. The predicted molar refractivity (Wildman–Crippen MR) is 426 cm³/mol. The topological polar surface area (TPSA) is 511 Å². The third-order valence-corrected chi connectivity index (χ3v) is 24.1. The first-order chi connectivity index (χ1) is 57.4. The molecule has 0 aromatic heterocycles. The highest BCUT2D eigenvalue weighted by molar-refractivity contribution is 6.32. The van der Waals surface area contributed by atoms with E-state index in [2.05, 4.69) is 53.2 Å². The molecule has 640 valence electrons. The Morgan fingerprint density at radius 3 is 1.84 bits per heavy atom. The molecule has 34 nitrogen and oxygen atoms in total. The normalized spacial score (nSPS) is 28.2. The number of phenols is 3. The summed E-state index contributed by atoms with van der Waals surface area (Å²) in [6, 6.07) is 4.69. The van der Waals surface area contributed by atoms with Crippen LogP contribution in [0.1, 0.15) is 159 Å². The molecule has 15 atom stereocenters. The van der Waals surface area contributed by atoms with Crippen LogP contribution in [-0.4, -0.2) is 200 Å². The van der Waals surface area contributed by atoms with E-state index in [1.54, 1.807) is 0 Å². The zero-order chi connectivity index (χ0) is 85.4. The van der Waals surface area contributed by atoms with E-state index >= 15 is 28.8 Å². The Kier molecular flexibility index (Phi) is 25.9. The van der Waals surface area contributed by atoms with Crippen molar-refractivity contribution >= 4 is 64.6 Å². The van der Waals surface area contributed by atoms with Gasteiger partial charge in [0.2, 0.25) is 53.4 Å². The number of aliphatic hydroxyl groups is 6. The van der Waals surface area contributed by atoms with Gasteiger partial charge in [-0.05, 0) is 189 Å². The van der Waals surface area contributed by atoms with E-state index < -0.39 is 196 Å². The maximum Gasteiger partial charge on any atom is 0.258 e. The number of rotatable bonds is 21. The molecule has 17 rings (SSSR count). The van der Waals surface area contributed by atoms with Crippen molar-refractivity contribution in [2.75, 3.05) is 46.4 Å². The number of phenolic OH excluding ortho intramolecular Hbond substituents is 3. The van der Waals surface area contributed by atoms with Crippen LogP contribution in [0.2, 0.25) is 5.02 Å². The Hall–Kier alpha value is -10.8. The van der Waals surface area contributed by atoms with Crippen LogP contribution in [0.5, 0.6) is 57.5 Å². The molecule has 7 aliphatic heterocycles. The van der Waals surface area contributed by atoms with Crippen molar-refractivity contribution < 1.29 is 118 Å². The van der Waals surface area contributed by atoms with Crippen molar-refractivity contribution in [2.24, 2.45) is 35.5 Å². The lowest BCUT2D eigenvalue weighted by Crippen LogP contribution is -2.60. The monoisotopic (exact) mass is 1680 g/mol. The second-order valence-corrected chi connectivity index (χ2v) is 32.8. The lowest BCUT2D eigenvalue weighted by atomic mass is 9.51. The number of hydrogen-bond donors (Lipinski definition) is 19. The highest BCUT2D eigenvalue weighted by atomic mass is 35.5. The number of ketones is 1. The summed E-state index contributed by atoms with van der Waals surface area (Å²) < 4.78 is 38.0. The fourth-order valence-corrected chi connectivity index (χ4v) is 18.2. The van der Waals surface area contributed by atoms with Crippen molar-refractivity contribution in [3.8, 4) is 68.6 Å². The summed E-state index contributed by atoms with van der Waals surface area (Å²) in [7, 11) is 1.46. The van der Waals surface area contributed by atoms with Gasteiger partial charge < -0.3 is 122 Å². The highest BCUT2D eigenvalue weighted by Gasteiger charge is 2.53. The standard InChI is InChI=1S/C85H99ClN10O24/c1-6-88-14-16-115-47-24-45(25-48(33-47)116-17-15-89-7-2)78(108)91-63(101)35-55-80(110)92-66-44-29-61-76(119-85-75(107)73(105)74(106)77(120-85)72(104)51-27-40(9-12-59(51)117-61)70(102)68(83(113)90-55)95-79(109)54(87-5)18-36(3)4)62(30-44)118-60-13-10-41(28-53(60)86)71(103)69-84(114)94-67(58(100)34-49-42-20-37-19-38(22-42)23-43(49)21-37)52-31-46(97)32-57(99)64(52)50-26-39(8-11-56(50)98)65(81(111)96-69)93-82(66)112/h8-13,24-33,36-38,42-43,49,54-55,65-75,77,85,87-89,97-99,102-107H,6-7,14-23,34-35H2,1-5H3,(H,90,113)(H,92,110)(H,93,112)(H,94,114)(H,95,109)(H,96,111)(H,91,101,108)/t37?,38?,42?,43?,49?,54-,55+,65-,66-,67+,68-,69+,70-,71-,72?,73+,74+,75-,77-,85-/m1/s1. The molecule has 6 aromatic carbocycles. The fourth-order valence-electron chi connectivity index (χ4n) is 18.0. The van der Waals surface area contributed by atoms with Gasteiger partial charge in [-0.1, -0.05) is 57.5 Å². The van der Waals surface area contributed by atoms with E-state index in [-0.39, 0.29) is 117 Å². The third-order valence-electron chi connectivity index (χ3n) is 23.8. The first-order valence-electron chi connectivity index (χ1n) is 40.4. The molecule has 6 aromatic rings. The SMILES string of the molecule is CCNCCOc1cc(OCCNCC)cc(C(=O)NC(=O)C[C@@H]2NC(=O)[C@H](NC(=O)[C@@H](CC(C)C)NC)[C@H](O)c3ccc4c(c3)C(O)[C@H]3O[C@@H](Oc5c6cc(cc5O4)[C@@H](NC2=O)C(=O)N[C@H]2C(=O)N[C@H](C(=O)N[C@H](C(=O)CC4C5CC7CC(C5)CC4C7)c4cc(O)cc(O)c4-c4cc2ccc4O)[C@H](O)c2ccc(c(Cl)c2)O6)[C@H](O)[C@@H](O)[C@@H]3O)c1. The molecule has 4 saturated carbocycles. The number of ether oxygens (including phenoxy) is 6. The zero-order valence-electron chi connectivity index (χ0n) is 66.3. The number of likely N-dealkylation sites (N-methyl/N-ethyl adjacent to an activating group) is 3. The van der Waals surface area contributed by atoms with Crippen LogP contribution < -0.4 is 76.9 Å². The second kappa shape index (κ2) is 36.3. The van der Waals surface area contributed by atoms with E-state index in [1.807, 2.05) is 27.7 Å². The van der Waals surface area contributed by atoms with Crippen LogP contribution in [0.25, 0.3) is 11.1 Å². The first kappa shape index (κ1) is 85.7. The average molecular weight is 1680 g/mol. The summed E-state index contributed by atoms with van der Waals surface area (Å²) in [4.78, 5) is 140. The number of amides is 8. The van der Waals surface area contributed by atoms with Crippen molar-refractivity contribution in [2.45, 2.75) is 170 Å². The molecule has 18 bridgehead atoms. The molecule has 8 amide bonds. The summed E-state index contributed by atoms with van der Waals surface area (Å²) in [5, 5.41) is 136. The van der Waals surface area contributed by atoms with Gasteiger partial charge in [0, 0.05) is 53.9 Å². The second-order valence-electron chi connectivity index (χ2n) is 32.4. The molecule has 0 radical (unpaired) electrons. The predicted octanol–water partition coefficient (Wildman–Crippen LogP) is 3.66. The maximum atomic E-state index is 16.5. The van der Waals surface area contributed by atoms with Crippen LogP contribution in [0, 0.1) is 35.5 Å². The molecule has 1 unspecified atom stereocenters.